The van der Waals surface area contributed by atoms with Gasteiger partial charge >= 0.3 is 5.97 Å². The summed E-state index contributed by atoms with van der Waals surface area (Å²) in [6.07, 6.45) is 3.37. The fourth-order valence-electron chi connectivity index (χ4n) is 4.04. The third kappa shape index (κ3) is 4.90. The van der Waals surface area contributed by atoms with Crippen LogP contribution in [0.5, 0.6) is 0 Å². The number of hydrogen-bond donors (Lipinski definition) is 4. The number of primary amides is 1. The van der Waals surface area contributed by atoms with Crippen molar-refractivity contribution in [2.75, 3.05) is 24.8 Å². The highest BCUT2D eigenvalue weighted by atomic mass is 32.2. The molecule has 15 nitrogen and oxygen atoms in total. The van der Waals surface area contributed by atoms with Crippen molar-refractivity contribution in [3.63, 3.8) is 0 Å². The van der Waals surface area contributed by atoms with Gasteiger partial charge in [0.05, 0.1) is 0 Å². The van der Waals surface area contributed by atoms with E-state index in [0.29, 0.717) is 11.3 Å². The first-order valence-corrected chi connectivity index (χ1v) is 13.7. The largest absolute Gasteiger partial charge is 0.477 e. The molecule has 0 radical (unpaired) electrons. The number of carbonyl (C=O) groups excluding carboxylic acids is 3. The first-order valence-electron chi connectivity index (χ1n) is 11.0. The van der Waals surface area contributed by atoms with E-state index in [1.54, 1.807) is 26.9 Å². The van der Waals surface area contributed by atoms with Crippen LogP contribution in [0, 0.1) is 0 Å². The van der Waals surface area contributed by atoms with Gasteiger partial charge in [0.2, 0.25) is 22.1 Å². The van der Waals surface area contributed by atoms with E-state index in [1.807, 2.05) is 0 Å². The Labute approximate surface area is 230 Å². The molecule has 0 spiro atoms. The number of oxime groups is 1. The van der Waals surface area contributed by atoms with E-state index >= 15 is 0 Å². The molecule has 204 valence electrons. The van der Waals surface area contributed by atoms with Gasteiger partial charge in [-0.2, -0.15) is 13.8 Å². The Morgan fingerprint density at radius 3 is 2.85 bits per heavy atom. The number of carbonyl (C=O) groups is 4. The number of nitrogens with one attached hydrogen (secondary N) is 1. The van der Waals surface area contributed by atoms with Crippen molar-refractivity contribution in [3.05, 3.63) is 40.7 Å². The lowest BCUT2D eigenvalue weighted by Gasteiger charge is -2.49. The number of nitrogens with zero attached hydrogens (tertiary/aromatic N) is 6. The van der Waals surface area contributed by atoms with Gasteiger partial charge in [-0.15, -0.1) is 11.8 Å². The number of imidazole rings is 1. The van der Waals surface area contributed by atoms with Gasteiger partial charge in [-0.25, -0.2) is 13.8 Å². The van der Waals surface area contributed by atoms with Crippen LogP contribution in [0.15, 0.2) is 34.3 Å². The van der Waals surface area contributed by atoms with Gasteiger partial charge in [-0.1, -0.05) is 16.5 Å². The molecule has 39 heavy (non-hydrogen) atoms. The third-order valence-corrected chi connectivity index (χ3v) is 8.45. The molecule has 5 rings (SSSR count). The minimum Gasteiger partial charge on any atom is -0.477 e. The van der Waals surface area contributed by atoms with Crippen LogP contribution >= 0.6 is 34.6 Å². The molecule has 3 aromatic heterocycles. The summed E-state index contributed by atoms with van der Waals surface area (Å²) in [5.74, 6) is -3.30. The second kappa shape index (κ2) is 10.6. The highest BCUT2D eigenvalue weighted by Crippen LogP contribution is 2.40. The normalized spacial score (nSPS) is 19.2. The predicted octanol–water partition coefficient (Wildman–Crippen LogP) is -1.05. The van der Waals surface area contributed by atoms with Crippen LogP contribution in [0.25, 0.3) is 4.83 Å². The fraction of sp³-hybridized carbons (Fsp3) is 0.300. The Morgan fingerprint density at radius 2 is 2.18 bits per heavy atom. The quantitative estimate of drug-likeness (QED) is 0.0733. The van der Waals surface area contributed by atoms with Crippen LogP contribution in [-0.2, 0) is 25.8 Å². The molecule has 6 N–H and O–H groups in total. The number of carboxylic acid groups (broad SMARTS) is 1. The van der Waals surface area contributed by atoms with E-state index in [9.17, 15) is 28.7 Å². The molecule has 0 unspecified atom stereocenters. The molecule has 2 atom stereocenters. The average molecular weight is 597 g/mol. The number of amides is 3. The molecular formula is C20H19FN9O6S3+. The molecule has 0 saturated carbocycles. The van der Waals surface area contributed by atoms with E-state index in [-0.39, 0.29) is 29.0 Å². The first-order chi connectivity index (χ1) is 18.7. The first kappa shape index (κ1) is 26.5. The number of β-lactam (4-membered cyclic amide) rings is 1. The lowest BCUT2D eigenvalue weighted by atomic mass is 10.0. The zero-order valence-electron chi connectivity index (χ0n) is 19.6. The molecule has 5 heterocycles. The molecule has 1 saturated heterocycles. The highest BCUT2D eigenvalue weighted by molar-refractivity contribution is 8.00. The summed E-state index contributed by atoms with van der Waals surface area (Å²) in [4.78, 5) is 60.4. The van der Waals surface area contributed by atoms with Crippen molar-refractivity contribution < 1.29 is 38.1 Å². The van der Waals surface area contributed by atoms with Gasteiger partial charge in [0.25, 0.3) is 24.0 Å². The number of aliphatic carboxylic acids is 1. The molecule has 0 bridgehead atoms. The predicted molar refractivity (Wildman–Crippen MR) is 136 cm³/mol. The monoisotopic (exact) mass is 596 g/mol. The minimum absolute atomic E-state index is 0.0558. The molecule has 3 aromatic rings. The Bertz CT molecular complexity index is 1560. The number of halogens is 1. The van der Waals surface area contributed by atoms with Crippen molar-refractivity contribution in [2.45, 2.75) is 18.0 Å². The highest BCUT2D eigenvalue weighted by Gasteiger charge is 2.54. The zero-order chi connectivity index (χ0) is 27.8. The van der Waals surface area contributed by atoms with E-state index in [4.69, 9.17) is 16.3 Å². The number of alkyl halides is 1. The standard InChI is InChI=1S/C20H18FN9O6S3/c21-1-2-36-26-11(15-25-20(23)39-27-15)16(32)24-12-17(33)30-13(19(34)35)8(5-38-18(12)30)3-28-4-10-29(7-28)9(6-37-10)14(22)31/h4,6-7,12,18H,1-3,5H2,(H5-,22,23,24,25,27,31,32,34,35)/p+1/b26-11-/t12-,18-/m1/s1. The Balaban J connectivity index is 1.35. The fourth-order valence-corrected chi connectivity index (χ4v) is 6.73. The maximum absolute atomic E-state index is 13.1. The van der Waals surface area contributed by atoms with Crippen LogP contribution in [-0.4, -0.2) is 83.6 Å². The zero-order valence-corrected chi connectivity index (χ0v) is 22.1. The molecule has 2 aliphatic rings. The SMILES string of the molecule is NC(=O)c1csc2c[n+](CC3=C(C(=O)O)N4C(=O)[C@@H](NC(=O)/C(=N\OCCF)c5nsc(N)n5)[C@H]4SC3)cn12. The van der Waals surface area contributed by atoms with Gasteiger partial charge < -0.3 is 26.7 Å². The van der Waals surface area contributed by atoms with Crippen LogP contribution < -0.4 is 21.4 Å². The molecule has 3 amide bonds. The van der Waals surface area contributed by atoms with Gasteiger partial charge in [-0.05, 0) is 0 Å². The van der Waals surface area contributed by atoms with Gasteiger partial charge in [-0.3, -0.25) is 19.3 Å². The number of carboxylic acids is 1. The third-order valence-electron chi connectivity index (χ3n) is 5.68. The van der Waals surface area contributed by atoms with Crippen molar-refractivity contribution in [1.29, 1.82) is 0 Å². The molecule has 0 aliphatic carbocycles. The smallest absolute Gasteiger partial charge is 0.352 e. The summed E-state index contributed by atoms with van der Waals surface area (Å²) in [5, 5.41) is 17.1. The summed E-state index contributed by atoms with van der Waals surface area (Å²) < 4.78 is 19.7. The van der Waals surface area contributed by atoms with Crippen molar-refractivity contribution in [2.24, 2.45) is 10.9 Å². The maximum atomic E-state index is 13.1. The number of aromatic nitrogens is 4. The van der Waals surface area contributed by atoms with Crippen molar-refractivity contribution in [1.82, 2.24) is 24.0 Å². The number of hydrogen-bond acceptors (Lipinski definition) is 12. The number of thiazole rings is 1. The minimum atomic E-state index is -1.29. The summed E-state index contributed by atoms with van der Waals surface area (Å²) in [6.45, 7) is -1.12. The van der Waals surface area contributed by atoms with Crippen LogP contribution in [0.1, 0.15) is 16.3 Å². The lowest BCUT2D eigenvalue weighted by Crippen LogP contribution is -2.71. The Morgan fingerprint density at radius 1 is 1.38 bits per heavy atom. The van der Waals surface area contributed by atoms with Crippen LogP contribution in [0.4, 0.5) is 9.52 Å². The number of thioether (sulfide) groups is 1. The lowest BCUT2D eigenvalue weighted by molar-refractivity contribution is -0.687. The van der Waals surface area contributed by atoms with E-state index in [0.717, 1.165) is 21.3 Å². The molecule has 2 aliphatic heterocycles. The summed E-state index contributed by atoms with van der Waals surface area (Å²) >= 11 is 3.38. The molecular weight excluding hydrogens is 577 g/mol. The second-order valence-electron chi connectivity index (χ2n) is 8.15. The van der Waals surface area contributed by atoms with E-state index in [1.165, 1.54) is 23.1 Å². The van der Waals surface area contributed by atoms with E-state index < -0.39 is 54.1 Å². The maximum Gasteiger partial charge on any atom is 0.352 e. The summed E-state index contributed by atoms with van der Waals surface area (Å²) in [6, 6.07) is -1.06. The molecule has 19 heteroatoms. The van der Waals surface area contributed by atoms with Gasteiger partial charge in [0.1, 0.15) is 43.1 Å². The summed E-state index contributed by atoms with van der Waals surface area (Å²) in [7, 11) is 0. The number of nitrogens with two attached hydrogens (primary N) is 2. The second-order valence-corrected chi connectivity index (χ2v) is 10.9. The number of fused-ring (bicyclic) bond motifs is 2. The Kier molecular flexibility index (Phi) is 7.19. The Hall–Kier alpha value is -4.10. The van der Waals surface area contributed by atoms with Gasteiger partial charge in [0.15, 0.2) is 5.13 Å². The average Bonchev–Trinajstić information content (AvgIpc) is 3.60. The van der Waals surface area contributed by atoms with Crippen molar-refractivity contribution in [3.8, 4) is 0 Å². The number of anilines is 1. The summed E-state index contributed by atoms with van der Waals surface area (Å²) in [5.41, 5.74) is 11.2. The number of rotatable bonds is 10. The van der Waals surface area contributed by atoms with Gasteiger partial charge in [0, 0.05) is 28.2 Å². The number of nitrogen functional groups attached to an aromatic ring is 1. The molecule has 1 fully saturated rings. The molecule has 0 aromatic carbocycles. The van der Waals surface area contributed by atoms with Crippen LogP contribution in [0.3, 0.4) is 0 Å². The topological polar surface area (TPSA) is 211 Å². The van der Waals surface area contributed by atoms with Crippen molar-refractivity contribution >= 4 is 74.0 Å². The van der Waals surface area contributed by atoms with E-state index in [2.05, 4.69) is 19.8 Å². The van der Waals surface area contributed by atoms with Crippen LogP contribution in [0.2, 0.25) is 0 Å².